The van der Waals surface area contributed by atoms with Crippen LogP contribution in [0.2, 0.25) is 0 Å². The number of aromatic nitrogens is 1. The van der Waals surface area contributed by atoms with Gasteiger partial charge in [-0.2, -0.15) is 0 Å². The summed E-state index contributed by atoms with van der Waals surface area (Å²) in [6.45, 7) is 2.87. The molecule has 1 amide bonds. The van der Waals surface area contributed by atoms with Crippen molar-refractivity contribution in [3.63, 3.8) is 0 Å². The first-order valence-electron chi connectivity index (χ1n) is 8.92. The van der Waals surface area contributed by atoms with Gasteiger partial charge in [0, 0.05) is 24.2 Å². The van der Waals surface area contributed by atoms with Gasteiger partial charge in [0.2, 0.25) is 0 Å². The third kappa shape index (κ3) is 3.71. The minimum Gasteiger partial charge on any atom is -0.497 e. The van der Waals surface area contributed by atoms with Gasteiger partial charge in [0.1, 0.15) is 11.6 Å². The summed E-state index contributed by atoms with van der Waals surface area (Å²) in [6.07, 6.45) is 0. The molecule has 0 aliphatic carbocycles. The summed E-state index contributed by atoms with van der Waals surface area (Å²) in [5, 5.41) is 3.80. The number of fused-ring (bicyclic) bond motifs is 1. The van der Waals surface area contributed by atoms with Crippen LogP contribution in [0.3, 0.4) is 0 Å². The second-order valence-electron chi connectivity index (χ2n) is 6.33. The molecule has 1 fully saturated rings. The van der Waals surface area contributed by atoms with Gasteiger partial charge in [0.15, 0.2) is 0 Å². The van der Waals surface area contributed by atoms with Crippen LogP contribution in [0, 0.1) is 0 Å². The number of nitrogens with zero attached hydrogens (tertiary/aromatic N) is 2. The van der Waals surface area contributed by atoms with E-state index in [0.29, 0.717) is 18.8 Å². The van der Waals surface area contributed by atoms with Crippen LogP contribution in [0.15, 0.2) is 54.6 Å². The quantitative estimate of drug-likeness (QED) is 0.770. The molecule has 6 heteroatoms. The highest BCUT2D eigenvalue weighted by molar-refractivity contribution is 6.13. The minimum atomic E-state index is -0.159. The lowest BCUT2D eigenvalue weighted by Gasteiger charge is -2.28. The van der Waals surface area contributed by atoms with Gasteiger partial charge < -0.3 is 19.7 Å². The fourth-order valence-electron chi connectivity index (χ4n) is 3.18. The third-order valence-corrected chi connectivity index (χ3v) is 4.63. The van der Waals surface area contributed by atoms with E-state index in [1.54, 1.807) is 7.11 Å². The zero-order chi connectivity index (χ0) is 18.6. The van der Waals surface area contributed by atoms with E-state index in [-0.39, 0.29) is 5.91 Å². The summed E-state index contributed by atoms with van der Waals surface area (Å²) >= 11 is 0. The molecule has 3 aromatic rings. The van der Waals surface area contributed by atoms with Gasteiger partial charge in [-0.05, 0) is 36.4 Å². The SMILES string of the molecule is COc1ccc(NC(=O)c2cc(N3CCOCC3)nc3ccccc23)cc1. The average molecular weight is 363 g/mol. The Hall–Kier alpha value is -3.12. The number of anilines is 2. The number of amides is 1. The van der Waals surface area contributed by atoms with Crippen molar-refractivity contribution in [1.82, 2.24) is 4.98 Å². The van der Waals surface area contributed by atoms with Gasteiger partial charge in [0.25, 0.3) is 5.91 Å². The molecule has 6 nitrogen and oxygen atoms in total. The number of rotatable bonds is 4. The lowest BCUT2D eigenvalue weighted by molar-refractivity contribution is 0.102. The Morgan fingerprint density at radius 1 is 1.11 bits per heavy atom. The topological polar surface area (TPSA) is 63.7 Å². The molecule has 0 radical (unpaired) electrons. The molecule has 1 N–H and O–H groups in total. The lowest BCUT2D eigenvalue weighted by Crippen LogP contribution is -2.37. The lowest BCUT2D eigenvalue weighted by atomic mass is 10.1. The molecule has 27 heavy (non-hydrogen) atoms. The van der Waals surface area contributed by atoms with E-state index in [0.717, 1.165) is 41.2 Å². The molecule has 1 saturated heterocycles. The maximum atomic E-state index is 13.0. The maximum absolute atomic E-state index is 13.0. The molecule has 2 aromatic carbocycles. The second kappa shape index (κ2) is 7.63. The molecule has 4 rings (SSSR count). The molecule has 0 unspecified atom stereocenters. The molecule has 0 bridgehead atoms. The average Bonchev–Trinajstić information content (AvgIpc) is 2.74. The highest BCUT2D eigenvalue weighted by Crippen LogP contribution is 2.25. The van der Waals surface area contributed by atoms with E-state index < -0.39 is 0 Å². The first kappa shape index (κ1) is 17.3. The second-order valence-corrected chi connectivity index (χ2v) is 6.33. The van der Waals surface area contributed by atoms with Crippen LogP contribution in [0.25, 0.3) is 10.9 Å². The summed E-state index contributed by atoms with van der Waals surface area (Å²) in [6, 6.07) is 16.9. The number of hydrogen-bond acceptors (Lipinski definition) is 5. The molecule has 0 spiro atoms. The Bertz CT molecular complexity index is 951. The Morgan fingerprint density at radius 2 is 1.85 bits per heavy atom. The van der Waals surface area contributed by atoms with E-state index >= 15 is 0 Å². The van der Waals surface area contributed by atoms with Gasteiger partial charge in [-0.25, -0.2) is 4.98 Å². The van der Waals surface area contributed by atoms with E-state index in [4.69, 9.17) is 14.5 Å². The molecule has 2 heterocycles. The Balaban J connectivity index is 1.68. The van der Waals surface area contributed by atoms with Crippen molar-refractivity contribution in [1.29, 1.82) is 0 Å². The van der Waals surface area contributed by atoms with E-state index in [9.17, 15) is 4.79 Å². The zero-order valence-electron chi connectivity index (χ0n) is 15.1. The van der Waals surface area contributed by atoms with Crippen LogP contribution >= 0.6 is 0 Å². The number of pyridine rings is 1. The van der Waals surface area contributed by atoms with Crippen LogP contribution in [0.5, 0.6) is 5.75 Å². The number of benzene rings is 2. The normalized spacial score (nSPS) is 14.2. The fourth-order valence-corrected chi connectivity index (χ4v) is 3.18. The minimum absolute atomic E-state index is 0.159. The summed E-state index contributed by atoms with van der Waals surface area (Å²) in [4.78, 5) is 19.9. The summed E-state index contributed by atoms with van der Waals surface area (Å²) in [5.74, 6) is 1.39. The molecule has 0 atom stereocenters. The summed E-state index contributed by atoms with van der Waals surface area (Å²) in [7, 11) is 1.61. The summed E-state index contributed by atoms with van der Waals surface area (Å²) in [5.41, 5.74) is 2.13. The molecule has 138 valence electrons. The number of methoxy groups -OCH3 is 1. The van der Waals surface area contributed by atoms with Crippen molar-refractivity contribution in [3.8, 4) is 5.75 Å². The van der Waals surface area contributed by atoms with E-state index in [1.807, 2.05) is 54.6 Å². The van der Waals surface area contributed by atoms with Crippen molar-refractivity contribution < 1.29 is 14.3 Å². The number of para-hydroxylation sites is 1. The first-order valence-corrected chi connectivity index (χ1v) is 8.92. The molecule has 1 aromatic heterocycles. The van der Waals surface area contributed by atoms with Gasteiger partial charge in [0.05, 0.1) is 31.4 Å². The number of carbonyl (C=O) groups excluding carboxylic acids is 1. The monoisotopic (exact) mass is 363 g/mol. The van der Waals surface area contributed by atoms with Gasteiger partial charge in [-0.15, -0.1) is 0 Å². The Labute approximate surface area is 157 Å². The van der Waals surface area contributed by atoms with Crippen LogP contribution in [0.4, 0.5) is 11.5 Å². The number of hydrogen-bond donors (Lipinski definition) is 1. The van der Waals surface area contributed by atoms with Gasteiger partial charge in [-0.3, -0.25) is 4.79 Å². The van der Waals surface area contributed by atoms with Crippen molar-refractivity contribution in [3.05, 3.63) is 60.2 Å². The van der Waals surface area contributed by atoms with Crippen molar-refractivity contribution in [2.24, 2.45) is 0 Å². The third-order valence-electron chi connectivity index (χ3n) is 4.63. The van der Waals surface area contributed by atoms with Crippen LogP contribution in [-0.4, -0.2) is 44.3 Å². The highest BCUT2D eigenvalue weighted by Gasteiger charge is 2.18. The maximum Gasteiger partial charge on any atom is 0.256 e. The first-order chi connectivity index (χ1) is 13.2. The number of carbonyl (C=O) groups is 1. The highest BCUT2D eigenvalue weighted by atomic mass is 16.5. The standard InChI is InChI=1S/C21H21N3O3/c1-26-16-8-6-15(7-9-16)22-21(25)18-14-20(24-10-12-27-13-11-24)23-19-5-3-2-4-17(18)19/h2-9,14H,10-13H2,1H3,(H,22,25). The van der Waals surface area contributed by atoms with Gasteiger partial charge >= 0.3 is 0 Å². The predicted octanol–water partition coefficient (Wildman–Crippen LogP) is 3.33. The van der Waals surface area contributed by atoms with Crippen LogP contribution < -0.4 is 15.0 Å². The van der Waals surface area contributed by atoms with Crippen LogP contribution in [-0.2, 0) is 4.74 Å². The Morgan fingerprint density at radius 3 is 2.59 bits per heavy atom. The number of ether oxygens (including phenoxy) is 2. The molecule has 1 aliphatic rings. The molecule has 1 aliphatic heterocycles. The molecule has 0 saturated carbocycles. The number of morpholine rings is 1. The van der Waals surface area contributed by atoms with Crippen molar-refractivity contribution in [2.45, 2.75) is 0 Å². The molecular formula is C21H21N3O3. The smallest absolute Gasteiger partial charge is 0.256 e. The predicted molar refractivity (Wildman–Crippen MR) is 106 cm³/mol. The molecular weight excluding hydrogens is 342 g/mol. The fraction of sp³-hybridized carbons (Fsp3) is 0.238. The van der Waals surface area contributed by atoms with Crippen molar-refractivity contribution >= 4 is 28.3 Å². The Kier molecular flexibility index (Phi) is 4.89. The van der Waals surface area contributed by atoms with Crippen molar-refractivity contribution in [2.75, 3.05) is 43.6 Å². The number of nitrogens with one attached hydrogen (secondary N) is 1. The summed E-state index contributed by atoms with van der Waals surface area (Å²) < 4.78 is 10.6. The van der Waals surface area contributed by atoms with Gasteiger partial charge in [-0.1, -0.05) is 18.2 Å². The van der Waals surface area contributed by atoms with E-state index in [2.05, 4.69) is 10.2 Å². The van der Waals surface area contributed by atoms with E-state index in [1.165, 1.54) is 0 Å². The zero-order valence-corrected chi connectivity index (χ0v) is 15.1. The largest absolute Gasteiger partial charge is 0.497 e. The van der Waals surface area contributed by atoms with Crippen LogP contribution in [0.1, 0.15) is 10.4 Å².